The van der Waals surface area contributed by atoms with Crippen LogP contribution in [0.25, 0.3) is 11.1 Å². The van der Waals surface area contributed by atoms with Crippen molar-refractivity contribution < 1.29 is 22.0 Å². The molecule has 0 fully saturated rings. The lowest BCUT2D eigenvalue weighted by molar-refractivity contribution is -0.137. The normalized spacial score (nSPS) is 12.1. The Kier molecular flexibility index (Phi) is 3.17. The van der Waals surface area contributed by atoms with E-state index in [1.165, 1.54) is 0 Å². The monoisotopic (exact) mass is 277 g/mol. The third-order valence-corrected chi connectivity index (χ3v) is 2.49. The SMILES string of the molecule is Nc1cc(C(F)(F)F)ccc1-c1cnn(C(F)F)c1. The molecule has 0 saturated heterocycles. The van der Waals surface area contributed by atoms with Crippen LogP contribution in [-0.4, -0.2) is 9.78 Å². The van der Waals surface area contributed by atoms with Crippen molar-refractivity contribution in [2.45, 2.75) is 12.7 Å². The van der Waals surface area contributed by atoms with E-state index in [4.69, 9.17) is 5.73 Å². The molecule has 0 unspecified atom stereocenters. The highest BCUT2D eigenvalue weighted by Gasteiger charge is 2.30. The van der Waals surface area contributed by atoms with Gasteiger partial charge in [-0.1, -0.05) is 6.07 Å². The molecule has 102 valence electrons. The molecular formula is C11H8F5N3. The quantitative estimate of drug-likeness (QED) is 0.674. The highest BCUT2D eigenvalue weighted by molar-refractivity contribution is 5.76. The maximum Gasteiger partial charge on any atom is 0.416 e. The van der Waals surface area contributed by atoms with Crippen LogP contribution in [0.4, 0.5) is 27.6 Å². The Labute approximate surface area is 104 Å². The van der Waals surface area contributed by atoms with E-state index in [1.807, 2.05) is 0 Å². The summed E-state index contributed by atoms with van der Waals surface area (Å²) in [6.45, 7) is -2.82. The maximum absolute atomic E-state index is 12.4. The molecule has 2 aromatic rings. The molecule has 2 rings (SSSR count). The first-order chi connectivity index (χ1) is 8.79. The van der Waals surface area contributed by atoms with Gasteiger partial charge in [-0.3, -0.25) is 0 Å². The van der Waals surface area contributed by atoms with E-state index in [0.717, 1.165) is 30.6 Å². The van der Waals surface area contributed by atoms with Gasteiger partial charge in [0, 0.05) is 23.0 Å². The number of halogens is 5. The molecule has 0 aliphatic rings. The number of anilines is 1. The second-order valence-electron chi connectivity index (χ2n) is 3.79. The second kappa shape index (κ2) is 4.52. The molecule has 2 N–H and O–H groups in total. The molecule has 0 atom stereocenters. The molecular weight excluding hydrogens is 269 g/mol. The van der Waals surface area contributed by atoms with Crippen LogP contribution >= 0.6 is 0 Å². The molecule has 0 bridgehead atoms. The third kappa shape index (κ3) is 2.67. The standard InChI is InChI=1S/C11H8F5N3/c12-10(13)19-5-6(4-18-19)8-2-1-7(3-9(8)17)11(14,15)16/h1-5,10H,17H2. The Bertz CT molecular complexity index is 588. The number of hydrogen-bond donors (Lipinski definition) is 1. The molecule has 0 saturated carbocycles. The number of nitrogen functional groups attached to an aromatic ring is 1. The van der Waals surface area contributed by atoms with Crippen molar-refractivity contribution in [1.82, 2.24) is 9.78 Å². The smallest absolute Gasteiger partial charge is 0.398 e. The average Bonchev–Trinajstić information content (AvgIpc) is 2.76. The van der Waals surface area contributed by atoms with E-state index in [-0.39, 0.29) is 16.8 Å². The highest BCUT2D eigenvalue weighted by atomic mass is 19.4. The Morgan fingerprint density at radius 1 is 1.21 bits per heavy atom. The van der Waals surface area contributed by atoms with Crippen LogP contribution in [0.1, 0.15) is 12.1 Å². The molecule has 0 aliphatic heterocycles. The summed E-state index contributed by atoms with van der Waals surface area (Å²) in [5.74, 6) is 0. The molecule has 1 heterocycles. The number of rotatable bonds is 2. The van der Waals surface area contributed by atoms with Gasteiger partial charge >= 0.3 is 12.7 Å². The lowest BCUT2D eigenvalue weighted by Crippen LogP contribution is -2.05. The Balaban J connectivity index is 2.40. The van der Waals surface area contributed by atoms with E-state index >= 15 is 0 Å². The third-order valence-electron chi connectivity index (χ3n) is 2.49. The molecule has 0 spiro atoms. The fourth-order valence-electron chi connectivity index (χ4n) is 1.59. The van der Waals surface area contributed by atoms with E-state index in [1.54, 1.807) is 0 Å². The van der Waals surface area contributed by atoms with Crippen LogP contribution in [0.2, 0.25) is 0 Å². The minimum absolute atomic E-state index is 0.149. The van der Waals surface area contributed by atoms with Crippen molar-refractivity contribution in [3.05, 3.63) is 36.2 Å². The molecule has 1 aromatic carbocycles. The summed E-state index contributed by atoms with van der Waals surface area (Å²) in [4.78, 5) is 0. The van der Waals surface area contributed by atoms with Crippen LogP contribution in [0.5, 0.6) is 0 Å². The Hall–Kier alpha value is -2.12. The minimum Gasteiger partial charge on any atom is -0.398 e. The van der Waals surface area contributed by atoms with Crippen LogP contribution in [0.3, 0.4) is 0 Å². The van der Waals surface area contributed by atoms with Gasteiger partial charge < -0.3 is 5.73 Å². The van der Waals surface area contributed by atoms with Gasteiger partial charge in [-0.25, -0.2) is 4.68 Å². The summed E-state index contributed by atoms with van der Waals surface area (Å²) in [5.41, 5.74) is 4.92. The fourth-order valence-corrected chi connectivity index (χ4v) is 1.59. The predicted molar refractivity (Wildman–Crippen MR) is 58.3 cm³/mol. The zero-order chi connectivity index (χ0) is 14.2. The number of nitrogens with zero attached hydrogens (tertiary/aromatic N) is 2. The fraction of sp³-hybridized carbons (Fsp3) is 0.182. The first kappa shape index (κ1) is 13.3. The summed E-state index contributed by atoms with van der Waals surface area (Å²) >= 11 is 0. The summed E-state index contributed by atoms with van der Waals surface area (Å²) in [6.07, 6.45) is -2.37. The van der Waals surface area contributed by atoms with Crippen LogP contribution in [-0.2, 0) is 6.18 Å². The molecule has 0 amide bonds. The second-order valence-corrected chi connectivity index (χ2v) is 3.79. The van der Waals surface area contributed by atoms with E-state index < -0.39 is 18.3 Å². The van der Waals surface area contributed by atoms with E-state index in [2.05, 4.69) is 5.10 Å². The Morgan fingerprint density at radius 3 is 2.37 bits per heavy atom. The molecule has 19 heavy (non-hydrogen) atoms. The van der Waals surface area contributed by atoms with Gasteiger partial charge in [-0.2, -0.15) is 27.1 Å². The highest BCUT2D eigenvalue weighted by Crippen LogP contribution is 2.34. The molecule has 3 nitrogen and oxygen atoms in total. The largest absolute Gasteiger partial charge is 0.416 e. The van der Waals surface area contributed by atoms with Crippen molar-refractivity contribution >= 4 is 5.69 Å². The first-order valence-corrected chi connectivity index (χ1v) is 5.08. The predicted octanol–water partition coefficient (Wildman–Crippen LogP) is 3.55. The number of hydrogen-bond acceptors (Lipinski definition) is 2. The summed E-state index contributed by atoms with van der Waals surface area (Å²) < 4.78 is 62.4. The summed E-state index contributed by atoms with van der Waals surface area (Å²) in [6, 6.07) is 2.73. The minimum atomic E-state index is -4.50. The number of nitrogens with two attached hydrogens (primary N) is 1. The van der Waals surface area contributed by atoms with E-state index in [9.17, 15) is 22.0 Å². The van der Waals surface area contributed by atoms with Crippen LogP contribution in [0, 0.1) is 0 Å². The van der Waals surface area contributed by atoms with Crippen LogP contribution in [0.15, 0.2) is 30.6 Å². The zero-order valence-corrected chi connectivity index (χ0v) is 9.33. The van der Waals surface area contributed by atoms with Crippen molar-refractivity contribution in [3.63, 3.8) is 0 Å². The topological polar surface area (TPSA) is 43.8 Å². The van der Waals surface area contributed by atoms with Crippen molar-refractivity contribution in [2.75, 3.05) is 5.73 Å². The number of benzene rings is 1. The lowest BCUT2D eigenvalue weighted by Gasteiger charge is -2.09. The average molecular weight is 277 g/mol. The van der Waals surface area contributed by atoms with Crippen molar-refractivity contribution in [3.8, 4) is 11.1 Å². The van der Waals surface area contributed by atoms with Crippen molar-refractivity contribution in [2.24, 2.45) is 0 Å². The van der Waals surface area contributed by atoms with Gasteiger partial charge in [0.1, 0.15) is 0 Å². The molecule has 8 heteroatoms. The van der Waals surface area contributed by atoms with Gasteiger partial charge in [-0.15, -0.1) is 0 Å². The van der Waals surface area contributed by atoms with Gasteiger partial charge in [0.25, 0.3) is 0 Å². The van der Waals surface area contributed by atoms with Crippen LogP contribution < -0.4 is 5.73 Å². The van der Waals surface area contributed by atoms with E-state index in [0.29, 0.717) is 4.68 Å². The molecule has 1 aromatic heterocycles. The van der Waals surface area contributed by atoms with Gasteiger partial charge in [0.15, 0.2) is 0 Å². The van der Waals surface area contributed by atoms with Gasteiger partial charge in [-0.05, 0) is 12.1 Å². The Morgan fingerprint density at radius 2 is 1.89 bits per heavy atom. The molecule has 0 aliphatic carbocycles. The first-order valence-electron chi connectivity index (χ1n) is 5.08. The summed E-state index contributed by atoms with van der Waals surface area (Å²) in [7, 11) is 0. The lowest BCUT2D eigenvalue weighted by atomic mass is 10.0. The molecule has 0 radical (unpaired) electrons. The van der Waals surface area contributed by atoms with Crippen molar-refractivity contribution in [1.29, 1.82) is 0 Å². The summed E-state index contributed by atoms with van der Waals surface area (Å²) in [5, 5.41) is 3.39. The maximum atomic E-state index is 12.4. The van der Waals surface area contributed by atoms with Gasteiger partial charge in [0.05, 0.1) is 11.8 Å². The number of alkyl halides is 5. The van der Waals surface area contributed by atoms with Gasteiger partial charge in [0.2, 0.25) is 0 Å². The zero-order valence-electron chi connectivity index (χ0n) is 9.33. The number of aromatic nitrogens is 2.